The lowest BCUT2D eigenvalue weighted by Gasteiger charge is -2.08. The van der Waals surface area contributed by atoms with Gasteiger partial charge in [-0.25, -0.2) is 5.43 Å². The highest BCUT2D eigenvalue weighted by Crippen LogP contribution is 2.22. The van der Waals surface area contributed by atoms with Gasteiger partial charge in [0.15, 0.2) is 0 Å². The fourth-order valence-corrected chi connectivity index (χ4v) is 2.70. The van der Waals surface area contributed by atoms with E-state index in [0.29, 0.717) is 17.3 Å². The molecule has 0 atom stereocenters. The van der Waals surface area contributed by atoms with Crippen molar-refractivity contribution in [1.82, 2.24) is 5.43 Å². The van der Waals surface area contributed by atoms with Crippen LogP contribution in [0.4, 0.5) is 11.4 Å². The maximum absolute atomic E-state index is 12.1. The quantitative estimate of drug-likeness (QED) is 0.392. The summed E-state index contributed by atoms with van der Waals surface area (Å²) < 4.78 is 0. The van der Waals surface area contributed by atoms with Gasteiger partial charge < -0.3 is 5.32 Å². The average molecular weight is 417 g/mol. The molecule has 0 spiro atoms. The Labute approximate surface area is 173 Å². The molecule has 0 fully saturated rings. The van der Waals surface area contributed by atoms with Gasteiger partial charge in [-0.1, -0.05) is 37.6 Å². The van der Waals surface area contributed by atoms with Crippen LogP contribution in [0.1, 0.15) is 49.0 Å². The zero-order valence-corrected chi connectivity index (χ0v) is 17.0. The van der Waals surface area contributed by atoms with Gasteiger partial charge in [-0.05, 0) is 36.6 Å². The molecule has 2 aromatic rings. The molecule has 8 nitrogen and oxygen atoms in total. The summed E-state index contributed by atoms with van der Waals surface area (Å²) >= 11 is 5.91. The third-order valence-corrected chi connectivity index (χ3v) is 4.35. The maximum Gasteiger partial charge on any atom is 0.272 e. The standard InChI is InChI=1S/C20H21ClN4O4/c1-12(2)14-4-6-15(7-5-14)22-19(26)10-13(3)23-24-20(27)17-9-8-16(25(28)29)11-18(17)21/h4-9,11-12H,10H2,1-3H3,(H,22,26)(H,24,27). The van der Waals surface area contributed by atoms with E-state index in [1.165, 1.54) is 17.7 Å². The number of carbonyl (C=O) groups is 2. The number of non-ortho nitro benzene ring substituents is 1. The van der Waals surface area contributed by atoms with Gasteiger partial charge in [0.05, 0.1) is 21.9 Å². The number of nitro groups is 1. The molecular weight excluding hydrogens is 396 g/mol. The van der Waals surface area contributed by atoms with E-state index >= 15 is 0 Å². The van der Waals surface area contributed by atoms with Crippen LogP contribution in [0.2, 0.25) is 5.02 Å². The molecule has 0 saturated heterocycles. The van der Waals surface area contributed by atoms with Crippen LogP contribution in [0, 0.1) is 10.1 Å². The molecular formula is C20H21ClN4O4. The second kappa shape index (κ2) is 9.79. The summed E-state index contributed by atoms with van der Waals surface area (Å²) in [6.45, 7) is 5.77. The largest absolute Gasteiger partial charge is 0.326 e. The summed E-state index contributed by atoms with van der Waals surface area (Å²) in [6, 6.07) is 11.1. The Balaban J connectivity index is 1.93. The van der Waals surface area contributed by atoms with Crippen molar-refractivity contribution in [3.05, 3.63) is 68.7 Å². The van der Waals surface area contributed by atoms with Crippen molar-refractivity contribution in [2.24, 2.45) is 5.10 Å². The van der Waals surface area contributed by atoms with Crippen molar-refractivity contribution in [2.75, 3.05) is 5.32 Å². The van der Waals surface area contributed by atoms with Gasteiger partial charge in [0.2, 0.25) is 5.91 Å². The van der Waals surface area contributed by atoms with Crippen molar-refractivity contribution in [2.45, 2.75) is 33.1 Å². The Morgan fingerprint density at radius 3 is 2.38 bits per heavy atom. The summed E-state index contributed by atoms with van der Waals surface area (Å²) in [6.07, 6.45) is -0.0137. The first kappa shape index (κ1) is 22.0. The van der Waals surface area contributed by atoms with Crippen molar-refractivity contribution in [3.63, 3.8) is 0 Å². The Kier molecular flexibility index (Phi) is 7.44. The minimum atomic E-state index is -0.631. The first-order valence-corrected chi connectivity index (χ1v) is 9.22. The number of nitro benzene ring substituents is 1. The number of hydrogen-bond donors (Lipinski definition) is 2. The van der Waals surface area contributed by atoms with E-state index in [1.807, 2.05) is 24.3 Å². The lowest BCUT2D eigenvalue weighted by atomic mass is 10.0. The number of halogens is 1. The molecule has 2 rings (SSSR count). The Morgan fingerprint density at radius 1 is 1.17 bits per heavy atom. The Bertz CT molecular complexity index is 955. The normalized spacial score (nSPS) is 11.3. The number of nitrogens with zero attached hydrogens (tertiary/aromatic N) is 2. The van der Waals surface area contributed by atoms with Crippen LogP contribution in [0.25, 0.3) is 0 Å². The predicted molar refractivity (Wildman–Crippen MR) is 112 cm³/mol. The fraction of sp³-hybridized carbons (Fsp3) is 0.250. The lowest BCUT2D eigenvalue weighted by Crippen LogP contribution is -2.21. The van der Waals surface area contributed by atoms with Crippen LogP contribution in [0.15, 0.2) is 47.6 Å². The molecule has 0 saturated carbocycles. The number of anilines is 1. The first-order valence-electron chi connectivity index (χ1n) is 8.84. The number of amides is 2. The Morgan fingerprint density at radius 2 is 1.83 bits per heavy atom. The second-order valence-corrected chi connectivity index (χ2v) is 7.12. The monoisotopic (exact) mass is 416 g/mol. The molecule has 2 amide bonds. The number of carbonyl (C=O) groups excluding carboxylic acids is 2. The van der Waals surface area contributed by atoms with Gasteiger partial charge in [-0.2, -0.15) is 5.10 Å². The molecule has 0 aromatic heterocycles. The smallest absolute Gasteiger partial charge is 0.272 e. The van der Waals surface area contributed by atoms with Crippen LogP contribution in [0.3, 0.4) is 0 Å². The summed E-state index contributed by atoms with van der Waals surface area (Å²) in [7, 11) is 0. The van der Waals surface area contributed by atoms with Gasteiger partial charge in [0.1, 0.15) is 0 Å². The highest BCUT2D eigenvalue weighted by Gasteiger charge is 2.15. The fourth-order valence-electron chi connectivity index (χ4n) is 2.44. The first-order chi connectivity index (χ1) is 13.7. The lowest BCUT2D eigenvalue weighted by molar-refractivity contribution is -0.384. The van der Waals surface area contributed by atoms with E-state index in [-0.39, 0.29) is 28.6 Å². The molecule has 0 unspecified atom stereocenters. The molecule has 0 aliphatic heterocycles. The van der Waals surface area contributed by atoms with E-state index in [9.17, 15) is 19.7 Å². The summed E-state index contributed by atoms with van der Waals surface area (Å²) in [4.78, 5) is 34.4. The molecule has 2 N–H and O–H groups in total. The number of nitrogens with one attached hydrogen (secondary N) is 2. The highest BCUT2D eigenvalue weighted by molar-refractivity contribution is 6.34. The van der Waals surface area contributed by atoms with Gasteiger partial charge in [-0.15, -0.1) is 0 Å². The zero-order valence-electron chi connectivity index (χ0n) is 16.2. The van der Waals surface area contributed by atoms with Crippen molar-refractivity contribution >= 4 is 40.5 Å². The molecule has 2 aromatic carbocycles. The minimum Gasteiger partial charge on any atom is -0.326 e. The molecule has 0 radical (unpaired) electrons. The van der Waals surface area contributed by atoms with Crippen LogP contribution < -0.4 is 10.7 Å². The Hall–Kier alpha value is -3.26. The molecule has 0 aliphatic rings. The van der Waals surface area contributed by atoms with Gasteiger partial charge >= 0.3 is 0 Å². The SMILES string of the molecule is CC(CC(=O)Nc1ccc(C(C)C)cc1)=NNC(=O)c1ccc([N+](=O)[O-])cc1Cl. The number of hydrogen-bond acceptors (Lipinski definition) is 5. The second-order valence-electron chi connectivity index (χ2n) is 6.71. The minimum absolute atomic E-state index is 0.0137. The third-order valence-electron chi connectivity index (χ3n) is 4.03. The van der Waals surface area contributed by atoms with E-state index in [2.05, 4.69) is 29.7 Å². The van der Waals surface area contributed by atoms with Crippen LogP contribution in [-0.2, 0) is 4.79 Å². The highest BCUT2D eigenvalue weighted by atomic mass is 35.5. The summed E-state index contributed by atoms with van der Waals surface area (Å²) in [5.41, 5.74) is 4.35. The average Bonchev–Trinajstić information content (AvgIpc) is 2.66. The van der Waals surface area contributed by atoms with Crippen LogP contribution in [-0.4, -0.2) is 22.4 Å². The third kappa shape index (κ3) is 6.39. The van der Waals surface area contributed by atoms with Crippen molar-refractivity contribution in [1.29, 1.82) is 0 Å². The van der Waals surface area contributed by atoms with Crippen LogP contribution >= 0.6 is 11.6 Å². The van der Waals surface area contributed by atoms with E-state index in [1.54, 1.807) is 6.92 Å². The number of benzene rings is 2. The summed E-state index contributed by atoms with van der Waals surface area (Å²) in [5, 5.41) is 17.3. The van der Waals surface area contributed by atoms with Crippen molar-refractivity contribution in [3.8, 4) is 0 Å². The maximum atomic E-state index is 12.1. The molecule has 9 heteroatoms. The number of rotatable bonds is 7. The van der Waals surface area contributed by atoms with E-state index in [0.717, 1.165) is 6.07 Å². The molecule has 0 bridgehead atoms. The molecule has 0 aliphatic carbocycles. The number of hydrazone groups is 1. The van der Waals surface area contributed by atoms with Crippen LogP contribution in [0.5, 0.6) is 0 Å². The van der Waals surface area contributed by atoms with Crippen molar-refractivity contribution < 1.29 is 14.5 Å². The summed E-state index contributed by atoms with van der Waals surface area (Å²) in [5.74, 6) is -0.498. The van der Waals surface area contributed by atoms with E-state index in [4.69, 9.17) is 11.6 Å². The van der Waals surface area contributed by atoms with Gasteiger partial charge in [0, 0.05) is 23.5 Å². The van der Waals surface area contributed by atoms with E-state index < -0.39 is 10.8 Å². The predicted octanol–water partition coefficient (Wildman–Crippen LogP) is 4.51. The van der Waals surface area contributed by atoms with Gasteiger partial charge in [0.25, 0.3) is 11.6 Å². The van der Waals surface area contributed by atoms with Gasteiger partial charge in [-0.3, -0.25) is 19.7 Å². The molecule has 29 heavy (non-hydrogen) atoms. The molecule has 0 heterocycles. The molecule has 152 valence electrons. The topological polar surface area (TPSA) is 114 Å². The zero-order chi connectivity index (χ0) is 21.6.